The number of hydrogen-bond donors (Lipinski definition) is 1. The van der Waals surface area contributed by atoms with Crippen LogP contribution in [-0.2, 0) is 0 Å². The van der Waals surface area contributed by atoms with Gasteiger partial charge in [-0.2, -0.15) is 0 Å². The highest BCUT2D eigenvalue weighted by atomic mass is 32.2. The van der Waals surface area contributed by atoms with Crippen molar-refractivity contribution in [3.8, 4) is 0 Å². The zero-order chi connectivity index (χ0) is 15.7. The zero-order valence-corrected chi connectivity index (χ0v) is 13.2. The number of aryl methyl sites for hydroxylation is 1. The average molecular weight is 334 g/mol. The summed E-state index contributed by atoms with van der Waals surface area (Å²) in [4.78, 5) is 32.7. The SMILES string of the molecule is Cc1cc2c(=O)[nH]c(SCC(=O)c3ccc(F)cc3)nc2s1. The molecule has 0 fully saturated rings. The van der Waals surface area contributed by atoms with Crippen LogP contribution in [0.25, 0.3) is 10.2 Å². The van der Waals surface area contributed by atoms with Crippen LogP contribution in [0.15, 0.2) is 40.3 Å². The predicted molar refractivity (Wildman–Crippen MR) is 86.4 cm³/mol. The summed E-state index contributed by atoms with van der Waals surface area (Å²) < 4.78 is 12.8. The van der Waals surface area contributed by atoms with Gasteiger partial charge in [-0.25, -0.2) is 9.37 Å². The van der Waals surface area contributed by atoms with Crippen molar-refractivity contribution in [2.45, 2.75) is 12.1 Å². The highest BCUT2D eigenvalue weighted by molar-refractivity contribution is 7.99. The molecule has 1 N–H and O–H groups in total. The Morgan fingerprint density at radius 1 is 1.36 bits per heavy atom. The normalized spacial score (nSPS) is 11.0. The maximum absolute atomic E-state index is 12.8. The molecule has 0 atom stereocenters. The average Bonchev–Trinajstić information content (AvgIpc) is 2.86. The summed E-state index contributed by atoms with van der Waals surface area (Å²) in [7, 11) is 0. The van der Waals surface area contributed by atoms with Crippen LogP contribution in [0.3, 0.4) is 0 Å². The second kappa shape index (κ2) is 6.02. The number of carbonyl (C=O) groups is 1. The highest BCUT2D eigenvalue weighted by Gasteiger charge is 2.11. The summed E-state index contributed by atoms with van der Waals surface area (Å²) in [5, 5.41) is 0.978. The van der Waals surface area contributed by atoms with E-state index in [9.17, 15) is 14.0 Å². The van der Waals surface area contributed by atoms with Gasteiger partial charge in [-0.1, -0.05) is 11.8 Å². The number of aromatic amines is 1. The molecule has 0 radical (unpaired) electrons. The molecule has 2 aromatic heterocycles. The minimum atomic E-state index is -0.381. The third kappa shape index (κ3) is 3.10. The number of thiophene rings is 1. The molecular formula is C15H11FN2O2S2. The van der Waals surface area contributed by atoms with Gasteiger partial charge < -0.3 is 4.98 Å². The van der Waals surface area contributed by atoms with E-state index in [2.05, 4.69) is 9.97 Å². The summed E-state index contributed by atoms with van der Waals surface area (Å²) in [5.74, 6) is -0.395. The van der Waals surface area contributed by atoms with Gasteiger partial charge in [0.1, 0.15) is 10.6 Å². The Morgan fingerprint density at radius 2 is 2.09 bits per heavy atom. The van der Waals surface area contributed by atoms with Gasteiger partial charge in [0.2, 0.25) is 0 Å². The fraction of sp³-hybridized carbons (Fsp3) is 0.133. The number of nitrogens with one attached hydrogen (secondary N) is 1. The highest BCUT2D eigenvalue weighted by Crippen LogP contribution is 2.22. The summed E-state index contributed by atoms with van der Waals surface area (Å²) in [6, 6.07) is 7.18. The van der Waals surface area contributed by atoms with Crippen LogP contribution in [0.2, 0.25) is 0 Å². The molecule has 0 aliphatic carbocycles. The largest absolute Gasteiger partial charge is 0.301 e. The van der Waals surface area contributed by atoms with E-state index in [1.807, 2.05) is 6.92 Å². The lowest BCUT2D eigenvalue weighted by Gasteiger charge is -2.01. The Bertz CT molecular complexity index is 900. The molecule has 1 aromatic carbocycles. The number of halogens is 1. The Labute approximate surface area is 133 Å². The quantitative estimate of drug-likeness (QED) is 0.451. The van der Waals surface area contributed by atoms with Crippen molar-refractivity contribution in [1.29, 1.82) is 0 Å². The lowest BCUT2D eigenvalue weighted by atomic mass is 10.1. The molecule has 0 aliphatic rings. The number of thioether (sulfide) groups is 1. The van der Waals surface area contributed by atoms with E-state index in [-0.39, 0.29) is 22.9 Å². The summed E-state index contributed by atoms with van der Waals surface area (Å²) in [6.45, 7) is 1.91. The van der Waals surface area contributed by atoms with Crippen LogP contribution >= 0.6 is 23.1 Å². The maximum atomic E-state index is 12.8. The smallest absolute Gasteiger partial charge is 0.260 e. The van der Waals surface area contributed by atoms with Crippen molar-refractivity contribution in [3.63, 3.8) is 0 Å². The van der Waals surface area contributed by atoms with Crippen molar-refractivity contribution in [1.82, 2.24) is 9.97 Å². The first-order valence-corrected chi connectivity index (χ1v) is 8.25. The van der Waals surface area contributed by atoms with Gasteiger partial charge in [0, 0.05) is 10.4 Å². The Morgan fingerprint density at radius 3 is 2.82 bits per heavy atom. The molecule has 112 valence electrons. The molecule has 0 aliphatic heterocycles. The summed E-state index contributed by atoms with van der Waals surface area (Å²) in [5.41, 5.74) is 0.232. The van der Waals surface area contributed by atoms with E-state index in [1.165, 1.54) is 35.6 Å². The van der Waals surface area contributed by atoms with Gasteiger partial charge in [-0.05, 0) is 37.3 Å². The monoisotopic (exact) mass is 334 g/mol. The van der Waals surface area contributed by atoms with Crippen molar-refractivity contribution in [3.05, 3.63) is 56.9 Å². The Kier molecular flexibility index (Phi) is 4.08. The third-order valence-corrected chi connectivity index (χ3v) is 4.83. The Hall–Kier alpha value is -1.99. The van der Waals surface area contributed by atoms with E-state index < -0.39 is 0 Å². The number of Topliss-reactive ketones (excluding diaryl/α,β-unsaturated/α-hetero) is 1. The minimum Gasteiger partial charge on any atom is -0.301 e. The molecule has 2 heterocycles. The first-order chi connectivity index (χ1) is 10.5. The van der Waals surface area contributed by atoms with E-state index in [4.69, 9.17) is 0 Å². The van der Waals surface area contributed by atoms with Crippen molar-refractivity contribution < 1.29 is 9.18 Å². The number of ketones is 1. The summed E-state index contributed by atoms with van der Waals surface area (Å²) in [6.07, 6.45) is 0. The van der Waals surface area contributed by atoms with Crippen LogP contribution in [0, 0.1) is 12.7 Å². The van der Waals surface area contributed by atoms with E-state index in [0.29, 0.717) is 20.9 Å². The molecule has 0 unspecified atom stereocenters. The zero-order valence-electron chi connectivity index (χ0n) is 11.6. The maximum Gasteiger partial charge on any atom is 0.260 e. The van der Waals surface area contributed by atoms with E-state index >= 15 is 0 Å². The molecule has 3 aromatic rings. The lowest BCUT2D eigenvalue weighted by Crippen LogP contribution is -2.09. The van der Waals surface area contributed by atoms with Gasteiger partial charge in [0.05, 0.1) is 11.1 Å². The number of aromatic nitrogens is 2. The van der Waals surface area contributed by atoms with Gasteiger partial charge in [-0.3, -0.25) is 9.59 Å². The number of benzene rings is 1. The molecular weight excluding hydrogens is 323 g/mol. The van der Waals surface area contributed by atoms with Crippen LogP contribution in [0.1, 0.15) is 15.2 Å². The third-order valence-electron chi connectivity index (χ3n) is 3.01. The molecule has 0 amide bonds. The first-order valence-electron chi connectivity index (χ1n) is 6.45. The number of nitrogens with zero attached hydrogens (tertiary/aromatic N) is 1. The van der Waals surface area contributed by atoms with Crippen LogP contribution in [-0.4, -0.2) is 21.5 Å². The van der Waals surface area contributed by atoms with E-state index in [1.54, 1.807) is 6.07 Å². The number of rotatable bonds is 4. The molecule has 0 saturated heterocycles. The van der Waals surface area contributed by atoms with Crippen LogP contribution < -0.4 is 5.56 Å². The van der Waals surface area contributed by atoms with Crippen LogP contribution in [0.5, 0.6) is 0 Å². The van der Waals surface area contributed by atoms with Gasteiger partial charge >= 0.3 is 0 Å². The van der Waals surface area contributed by atoms with E-state index in [0.717, 1.165) is 16.6 Å². The minimum absolute atomic E-state index is 0.129. The Balaban J connectivity index is 1.77. The molecule has 22 heavy (non-hydrogen) atoms. The number of hydrogen-bond acceptors (Lipinski definition) is 5. The van der Waals surface area contributed by atoms with Crippen LogP contribution in [0.4, 0.5) is 4.39 Å². The number of H-pyrrole nitrogens is 1. The number of fused-ring (bicyclic) bond motifs is 1. The van der Waals surface area contributed by atoms with Gasteiger partial charge in [0.25, 0.3) is 5.56 Å². The molecule has 0 bridgehead atoms. The molecule has 0 saturated carbocycles. The fourth-order valence-corrected chi connectivity index (χ4v) is 3.65. The first kappa shape index (κ1) is 14.9. The second-order valence-corrected chi connectivity index (χ2v) is 6.86. The van der Waals surface area contributed by atoms with Crippen molar-refractivity contribution in [2.24, 2.45) is 0 Å². The molecule has 4 nitrogen and oxygen atoms in total. The topological polar surface area (TPSA) is 62.8 Å². The van der Waals surface area contributed by atoms with Gasteiger partial charge in [0.15, 0.2) is 10.9 Å². The molecule has 3 rings (SSSR count). The summed E-state index contributed by atoms with van der Waals surface area (Å²) >= 11 is 2.60. The van der Waals surface area contributed by atoms with Crippen molar-refractivity contribution >= 4 is 39.1 Å². The molecule has 7 heteroatoms. The lowest BCUT2D eigenvalue weighted by molar-refractivity contribution is 0.102. The van der Waals surface area contributed by atoms with Gasteiger partial charge in [-0.15, -0.1) is 11.3 Å². The van der Waals surface area contributed by atoms with Crippen molar-refractivity contribution in [2.75, 3.05) is 5.75 Å². The second-order valence-electron chi connectivity index (χ2n) is 4.67. The fourth-order valence-electron chi connectivity index (χ4n) is 1.95. The molecule has 0 spiro atoms. The predicted octanol–water partition coefficient (Wildman–Crippen LogP) is 3.41. The number of carbonyl (C=O) groups excluding carboxylic acids is 1. The standard InChI is InChI=1S/C15H11FN2O2S2/c1-8-6-11-13(20)17-15(18-14(11)22-8)21-7-12(19)9-2-4-10(16)5-3-9/h2-6H,7H2,1H3,(H,17,18,20).